The van der Waals surface area contributed by atoms with Crippen LogP contribution in [0.3, 0.4) is 0 Å². The summed E-state index contributed by atoms with van der Waals surface area (Å²) in [5, 5.41) is 0. The summed E-state index contributed by atoms with van der Waals surface area (Å²) in [6.07, 6.45) is 0.632. The molecule has 1 fully saturated rings. The zero-order chi connectivity index (χ0) is 21.6. The van der Waals surface area contributed by atoms with Gasteiger partial charge < -0.3 is 19.3 Å². The molecule has 1 aromatic carbocycles. The smallest absolute Gasteiger partial charge is 0.410 e. The van der Waals surface area contributed by atoms with Gasteiger partial charge in [0.1, 0.15) is 5.60 Å². The van der Waals surface area contributed by atoms with Gasteiger partial charge in [0.2, 0.25) is 0 Å². The molecule has 160 valence electrons. The van der Waals surface area contributed by atoms with Crippen LogP contribution in [0.5, 0.6) is 0 Å². The average Bonchev–Trinajstić information content (AvgIpc) is 2.65. The lowest BCUT2D eigenvalue weighted by atomic mass is 9.97. The molecule has 7 heteroatoms. The number of ether oxygens (including phenoxy) is 2. The molecule has 0 atom stereocenters. The molecule has 0 radical (unpaired) electrons. The number of amides is 2. The van der Waals surface area contributed by atoms with E-state index in [1.165, 1.54) is 0 Å². The van der Waals surface area contributed by atoms with Gasteiger partial charge in [-0.1, -0.05) is 18.2 Å². The summed E-state index contributed by atoms with van der Waals surface area (Å²) in [6, 6.07) is 9.26. The van der Waals surface area contributed by atoms with Gasteiger partial charge in [-0.05, 0) is 59.6 Å². The first-order chi connectivity index (χ1) is 13.6. The van der Waals surface area contributed by atoms with E-state index in [2.05, 4.69) is 0 Å². The lowest BCUT2D eigenvalue weighted by molar-refractivity contribution is -0.153. The number of hydrogen-bond donors (Lipinski definition) is 0. The summed E-state index contributed by atoms with van der Waals surface area (Å²) >= 11 is 0. The topological polar surface area (TPSA) is 76.2 Å². The highest BCUT2D eigenvalue weighted by Gasteiger charge is 2.31. The second-order valence-electron chi connectivity index (χ2n) is 8.54. The van der Waals surface area contributed by atoms with Crippen molar-refractivity contribution < 1.29 is 23.9 Å². The quantitative estimate of drug-likeness (QED) is 0.701. The molecule has 0 saturated carbocycles. The summed E-state index contributed by atoms with van der Waals surface area (Å²) < 4.78 is 10.7. The second kappa shape index (κ2) is 9.76. The molecule has 0 bridgehead atoms. The lowest BCUT2D eigenvalue weighted by Gasteiger charge is -2.32. The first-order valence-electron chi connectivity index (χ1n) is 10.1. The normalized spacial score (nSPS) is 15.2. The third-order valence-electron chi connectivity index (χ3n) is 4.64. The molecular weight excluding hydrogens is 372 g/mol. The van der Waals surface area contributed by atoms with Gasteiger partial charge in [-0.2, -0.15) is 0 Å². The van der Waals surface area contributed by atoms with Gasteiger partial charge in [0.25, 0.3) is 5.91 Å². The molecule has 1 aromatic rings. The Bertz CT molecular complexity index is 704. The highest BCUT2D eigenvalue weighted by atomic mass is 16.6. The SMILES string of the molecule is CC(C)N(C(=O)COC(=O)C1CCN(C(=O)OC(C)(C)C)CC1)c1ccccc1. The first kappa shape index (κ1) is 22.7. The van der Waals surface area contributed by atoms with Crippen molar-refractivity contribution >= 4 is 23.7 Å². The molecule has 2 rings (SSSR count). The maximum absolute atomic E-state index is 12.6. The molecular formula is C22H32N2O5. The number of hydrogen-bond acceptors (Lipinski definition) is 5. The fraction of sp³-hybridized carbons (Fsp3) is 0.591. The van der Waals surface area contributed by atoms with Gasteiger partial charge in [-0.3, -0.25) is 9.59 Å². The number of benzene rings is 1. The van der Waals surface area contributed by atoms with Gasteiger partial charge in [0.05, 0.1) is 5.92 Å². The zero-order valence-electron chi connectivity index (χ0n) is 18.0. The van der Waals surface area contributed by atoms with E-state index in [4.69, 9.17) is 9.47 Å². The van der Waals surface area contributed by atoms with Crippen LogP contribution in [0.25, 0.3) is 0 Å². The Kier molecular flexibility index (Phi) is 7.65. The van der Waals surface area contributed by atoms with Crippen LogP contribution in [0.15, 0.2) is 30.3 Å². The summed E-state index contributed by atoms with van der Waals surface area (Å²) in [5.74, 6) is -0.963. The summed E-state index contributed by atoms with van der Waals surface area (Å²) in [6.45, 7) is 9.87. The molecule has 7 nitrogen and oxygen atoms in total. The summed E-state index contributed by atoms with van der Waals surface area (Å²) in [5.41, 5.74) is 0.225. The first-order valence-corrected chi connectivity index (χ1v) is 10.1. The molecule has 0 aliphatic carbocycles. The van der Waals surface area contributed by atoms with Crippen molar-refractivity contribution in [3.05, 3.63) is 30.3 Å². The number of esters is 1. The van der Waals surface area contributed by atoms with E-state index in [9.17, 15) is 14.4 Å². The van der Waals surface area contributed by atoms with Crippen molar-refractivity contribution in [2.75, 3.05) is 24.6 Å². The van der Waals surface area contributed by atoms with Crippen molar-refractivity contribution in [3.63, 3.8) is 0 Å². The predicted octanol–water partition coefficient (Wildman–Crippen LogP) is 3.62. The molecule has 1 saturated heterocycles. The largest absolute Gasteiger partial charge is 0.455 e. The number of anilines is 1. The van der Waals surface area contributed by atoms with E-state index in [0.717, 1.165) is 5.69 Å². The molecule has 1 aliphatic heterocycles. The minimum atomic E-state index is -0.547. The average molecular weight is 405 g/mol. The highest BCUT2D eigenvalue weighted by Crippen LogP contribution is 2.21. The van der Waals surface area contributed by atoms with Crippen LogP contribution in [0, 0.1) is 5.92 Å². The van der Waals surface area contributed by atoms with Crippen molar-refractivity contribution in [1.82, 2.24) is 4.90 Å². The molecule has 0 aromatic heterocycles. The zero-order valence-corrected chi connectivity index (χ0v) is 18.0. The van der Waals surface area contributed by atoms with Crippen LogP contribution in [0.4, 0.5) is 10.5 Å². The minimum Gasteiger partial charge on any atom is -0.455 e. The fourth-order valence-electron chi connectivity index (χ4n) is 3.26. The number of para-hydroxylation sites is 1. The van der Waals surface area contributed by atoms with Crippen molar-refractivity contribution in [3.8, 4) is 0 Å². The van der Waals surface area contributed by atoms with Crippen molar-refractivity contribution in [2.24, 2.45) is 5.92 Å². The van der Waals surface area contributed by atoms with E-state index >= 15 is 0 Å². The van der Waals surface area contributed by atoms with E-state index in [0.29, 0.717) is 25.9 Å². The Morgan fingerprint density at radius 3 is 2.21 bits per heavy atom. The maximum Gasteiger partial charge on any atom is 0.410 e. The van der Waals surface area contributed by atoms with Gasteiger partial charge in [0.15, 0.2) is 6.61 Å². The fourth-order valence-corrected chi connectivity index (χ4v) is 3.26. The van der Waals surface area contributed by atoms with Crippen LogP contribution in [0.2, 0.25) is 0 Å². The van der Waals surface area contributed by atoms with E-state index in [1.54, 1.807) is 9.80 Å². The molecule has 0 N–H and O–H groups in total. The Balaban J connectivity index is 1.84. The molecule has 1 aliphatic rings. The van der Waals surface area contributed by atoms with E-state index < -0.39 is 5.60 Å². The standard InChI is InChI=1S/C22H32N2O5/c1-16(2)24(18-9-7-6-8-10-18)19(25)15-28-20(26)17-11-13-23(14-12-17)21(27)29-22(3,4)5/h6-10,16-17H,11-15H2,1-5H3. The number of nitrogens with zero attached hydrogens (tertiary/aromatic N) is 2. The predicted molar refractivity (Wildman–Crippen MR) is 111 cm³/mol. The maximum atomic E-state index is 12.6. The molecule has 0 unspecified atom stereocenters. The third kappa shape index (κ3) is 6.76. The molecule has 0 spiro atoms. The monoisotopic (exact) mass is 404 g/mol. The number of carbonyl (C=O) groups is 3. The Labute approximate surface area is 172 Å². The van der Waals surface area contributed by atoms with Crippen LogP contribution >= 0.6 is 0 Å². The molecule has 2 amide bonds. The summed E-state index contributed by atoms with van der Waals surface area (Å²) in [7, 11) is 0. The van der Waals surface area contributed by atoms with Gasteiger partial charge >= 0.3 is 12.1 Å². The molecule has 29 heavy (non-hydrogen) atoms. The van der Waals surface area contributed by atoms with Crippen LogP contribution in [0.1, 0.15) is 47.5 Å². The van der Waals surface area contributed by atoms with Gasteiger partial charge in [0, 0.05) is 24.8 Å². The van der Waals surface area contributed by atoms with E-state index in [-0.39, 0.29) is 36.5 Å². The van der Waals surface area contributed by atoms with Crippen LogP contribution in [-0.4, -0.2) is 54.2 Å². The second-order valence-corrected chi connectivity index (χ2v) is 8.54. The van der Waals surface area contributed by atoms with Crippen molar-refractivity contribution in [1.29, 1.82) is 0 Å². The molecule has 1 heterocycles. The van der Waals surface area contributed by atoms with Gasteiger partial charge in [-0.25, -0.2) is 4.79 Å². The Morgan fingerprint density at radius 1 is 1.10 bits per heavy atom. The highest BCUT2D eigenvalue weighted by molar-refractivity contribution is 5.95. The Hall–Kier alpha value is -2.57. The minimum absolute atomic E-state index is 0.0549. The number of likely N-dealkylation sites (tertiary alicyclic amines) is 1. The van der Waals surface area contributed by atoms with Crippen LogP contribution in [-0.2, 0) is 19.1 Å². The lowest BCUT2D eigenvalue weighted by Crippen LogP contribution is -2.44. The third-order valence-corrected chi connectivity index (χ3v) is 4.64. The number of rotatable bonds is 5. The van der Waals surface area contributed by atoms with Crippen LogP contribution < -0.4 is 4.90 Å². The number of piperidine rings is 1. The summed E-state index contributed by atoms with van der Waals surface area (Å²) in [4.78, 5) is 40.4. The number of carbonyl (C=O) groups excluding carboxylic acids is 3. The Morgan fingerprint density at radius 2 is 1.69 bits per heavy atom. The van der Waals surface area contributed by atoms with Gasteiger partial charge in [-0.15, -0.1) is 0 Å². The van der Waals surface area contributed by atoms with E-state index in [1.807, 2.05) is 65.0 Å². The van der Waals surface area contributed by atoms with Crippen molar-refractivity contribution in [2.45, 2.75) is 59.1 Å².